The first-order chi connectivity index (χ1) is 13.7. The Kier molecular flexibility index (Phi) is 5.14. The topological polar surface area (TPSA) is 98.1 Å². The number of methoxy groups -OCH3 is 1. The molecule has 9 nitrogen and oxygen atoms in total. The lowest BCUT2D eigenvalue weighted by Crippen LogP contribution is -2.54. The van der Waals surface area contributed by atoms with E-state index in [4.69, 9.17) is 4.74 Å². The van der Waals surface area contributed by atoms with E-state index in [-0.39, 0.29) is 11.8 Å². The van der Waals surface area contributed by atoms with Gasteiger partial charge in [-0.25, -0.2) is 19.6 Å². The van der Waals surface area contributed by atoms with Crippen LogP contribution in [0.3, 0.4) is 0 Å². The molecule has 4 rings (SSSR count). The van der Waals surface area contributed by atoms with Gasteiger partial charge in [-0.05, 0) is 18.1 Å². The van der Waals surface area contributed by atoms with Crippen molar-refractivity contribution in [1.82, 2.24) is 30.0 Å². The zero-order valence-electron chi connectivity index (χ0n) is 15.5. The van der Waals surface area contributed by atoms with E-state index in [9.17, 15) is 4.79 Å². The molecule has 3 aromatic rings. The Bertz CT molecular complexity index is 939. The van der Waals surface area contributed by atoms with Gasteiger partial charge >= 0.3 is 0 Å². The van der Waals surface area contributed by atoms with Crippen molar-refractivity contribution in [3.8, 4) is 11.6 Å². The van der Waals surface area contributed by atoms with E-state index >= 15 is 0 Å². The largest absolute Gasteiger partial charge is 0.496 e. The van der Waals surface area contributed by atoms with Crippen molar-refractivity contribution in [3.05, 3.63) is 54.9 Å². The molecule has 144 valence electrons. The Morgan fingerprint density at radius 1 is 1.21 bits per heavy atom. The highest BCUT2D eigenvalue weighted by Crippen LogP contribution is 2.23. The Balaban J connectivity index is 1.27. The van der Waals surface area contributed by atoms with Crippen molar-refractivity contribution in [1.29, 1.82) is 0 Å². The van der Waals surface area contributed by atoms with Gasteiger partial charge in [0.15, 0.2) is 5.82 Å². The summed E-state index contributed by atoms with van der Waals surface area (Å²) in [6.07, 6.45) is 5.27. The summed E-state index contributed by atoms with van der Waals surface area (Å²) < 4.78 is 6.92. The summed E-state index contributed by atoms with van der Waals surface area (Å²) in [5.41, 5.74) is 1.09. The summed E-state index contributed by atoms with van der Waals surface area (Å²) in [5.74, 6) is 2.29. The molecule has 0 saturated carbocycles. The normalized spacial score (nSPS) is 13.8. The maximum atomic E-state index is 12.4. The van der Waals surface area contributed by atoms with Gasteiger partial charge in [-0.15, -0.1) is 0 Å². The monoisotopic (exact) mass is 379 g/mol. The van der Waals surface area contributed by atoms with E-state index in [1.807, 2.05) is 35.2 Å². The minimum atomic E-state index is -0.0394. The molecular weight excluding hydrogens is 358 g/mol. The van der Waals surface area contributed by atoms with Gasteiger partial charge in [0.25, 0.3) is 0 Å². The minimum Gasteiger partial charge on any atom is -0.496 e. The van der Waals surface area contributed by atoms with Crippen LogP contribution in [0, 0.1) is 5.92 Å². The van der Waals surface area contributed by atoms with Crippen LogP contribution >= 0.6 is 0 Å². The quantitative estimate of drug-likeness (QED) is 0.650. The predicted octanol–water partition coefficient (Wildman–Crippen LogP) is 0.861. The lowest BCUT2D eigenvalue weighted by atomic mass is 9.99. The predicted molar refractivity (Wildman–Crippen MR) is 102 cm³/mol. The molecule has 0 atom stereocenters. The molecular formula is C19H21N7O2. The fourth-order valence-electron chi connectivity index (χ4n) is 3.17. The van der Waals surface area contributed by atoms with Crippen molar-refractivity contribution in [2.45, 2.75) is 6.42 Å². The van der Waals surface area contributed by atoms with Crippen molar-refractivity contribution < 1.29 is 9.53 Å². The second kappa shape index (κ2) is 8.03. The minimum absolute atomic E-state index is 0.0394. The highest BCUT2D eigenvalue weighted by atomic mass is 16.5. The number of hydrogen-bond acceptors (Lipinski definition) is 7. The van der Waals surface area contributed by atoms with Crippen LogP contribution in [0.15, 0.2) is 49.3 Å². The highest BCUT2D eigenvalue weighted by molar-refractivity contribution is 5.81. The van der Waals surface area contributed by atoms with Gasteiger partial charge in [0.05, 0.1) is 13.0 Å². The van der Waals surface area contributed by atoms with E-state index in [0.29, 0.717) is 25.5 Å². The fourth-order valence-corrected chi connectivity index (χ4v) is 3.17. The number of amides is 1. The number of anilines is 1. The first-order valence-corrected chi connectivity index (χ1v) is 9.06. The van der Waals surface area contributed by atoms with Gasteiger partial charge in [-0.2, -0.15) is 5.10 Å². The number of hydrogen-bond donors (Lipinski definition) is 1. The summed E-state index contributed by atoms with van der Waals surface area (Å²) in [7, 11) is 1.65. The van der Waals surface area contributed by atoms with E-state index in [1.54, 1.807) is 18.1 Å². The smallest absolute Gasteiger partial charge is 0.226 e. The van der Waals surface area contributed by atoms with Crippen LogP contribution in [0.2, 0.25) is 0 Å². The van der Waals surface area contributed by atoms with Crippen LogP contribution in [0.1, 0.15) is 5.56 Å². The molecule has 0 bridgehead atoms. The molecule has 0 aliphatic carbocycles. The van der Waals surface area contributed by atoms with Gasteiger partial charge < -0.3 is 15.0 Å². The molecule has 0 spiro atoms. The van der Waals surface area contributed by atoms with E-state index in [0.717, 1.165) is 23.6 Å². The van der Waals surface area contributed by atoms with Crippen molar-refractivity contribution in [3.63, 3.8) is 0 Å². The number of benzene rings is 1. The SMILES string of the molecule is COc1ccccc1CCNC(=O)C1CN(c2cc(-n3cncn3)ncn2)C1. The summed E-state index contributed by atoms with van der Waals surface area (Å²) in [4.78, 5) is 26.8. The van der Waals surface area contributed by atoms with Gasteiger partial charge in [-0.3, -0.25) is 4.79 Å². The number of ether oxygens (including phenoxy) is 1. The fraction of sp³-hybridized carbons (Fsp3) is 0.316. The molecule has 9 heteroatoms. The Morgan fingerprint density at radius 2 is 2.04 bits per heavy atom. The van der Waals surface area contributed by atoms with Crippen LogP contribution in [0.4, 0.5) is 5.82 Å². The van der Waals surface area contributed by atoms with E-state index in [2.05, 4.69) is 25.4 Å². The summed E-state index contributed by atoms with van der Waals surface area (Å²) >= 11 is 0. The lowest BCUT2D eigenvalue weighted by molar-refractivity contribution is -0.125. The molecule has 3 heterocycles. The third kappa shape index (κ3) is 3.78. The number of carbonyl (C=O) groups is 1. The molecule has 1 aliphatic heterocycles. The maximum absolute atomic E-state index is 12.4. The zero-order valence-corrected chi connectivity index (χ0v) is 15.5. The van der Waals surface area contributed by atoms with Gasteiger partial charge in [0.1, 0.15) is 30.5 Å². The molecule has 28 heavy (non-hydrogen) atoms. The molecule has 1 amide bonds. The Labute approximate surface area is 162 Å². The van der Waals surface area contributed by atoms with Crippen molar-refractivity contribution in [2.75, 3.05) is 31.6 Å². The van der Waals surface area contributed by atoms with Crippen LogP contribution in [-0.2, 0) is 11.2 Å². The third-order valence-electron chi connectivity index (χ3n) is 4.75. The van der Waals surface area contributed by atoms with E-state index < -0.39 is 0 Å². The van der Waals surface area contributed by atoms with Gasteiger partial charge in [0, 0.05) is 25.7 Å². The van der Waals surface area contributed by atoms with Crippen LogP contribution in [-0.4, -0.2) is 57.4 Å². The standard InChI is InChI=1S/C19H21N7O2/c1-28-16-5-3-2-4-14(16)6-7-21-19(27)15-9-25(10-15)17-8-18(23-12-22-17)26-13-20-11-24-26/h2-5,8,11-13,15H,6-7,9-10H2,1H3,(H,21,27). The van der Waals surface area contributed by atoms with Crippen molar-refractivity contribution in [2.24, 2.45) is 5.92 Å². The number of carbonyl (C=O) groups excluding carboxylic acids is 1. The lowest BCUT2D eigenvalue weighted by Gasteiger charge is -2.39. The van der Waals surface area contributed by atoms with Gasteiger partial charge in [0.2, 0.25) is 5.91 Å². The Morgan fingerprint density at radius 3 is 2.82 bits per heavy atom. The second-order valence-electron chi connectivity index (χ2n) is 6.53. The number of para-hydroxylation sites is 1. The number of aromatic nitrogens is 5. The number of nitrogens with zero attached hydrogens (tertiary/aromatic N) is 6. The maximum Gasteiger partial charge on any atom is 0.226 e. The molecule has 0 unspecified atom stereocenters. The van der Waals surface area contributed by atoms with Crippen LogP contribution in [0.5, 0.6) is 5.75 Å². The summed E-state index contributed by atoms with van der Waals surface area (Å²) in [6.45, 7) is 1.85. The molecule has 1 fully saturated rings. The average Bonchev–Trinajstić information content (AvgIpc) is 3.22. The first kappa shape index (κ1) is 17.9. The molecule has 1 N–H and O–H groups in total. The Hall–Kier alpha value is -3.49. The van der Waals surface area contributed by atoms with Crippen LogP contribution in [0.25, 0.3) is 5.82 Å². The zero-order chi connectivity index (χ0) is 19.3. The first-order valence-electron chi connectivity index (χ1n) is 9.06. The van der Waals surface area contributed by atoms with Crippen LogP contribution < -0.4 is 15.0 Å². The highest BCUT2D eigenvalue weighted by Gasteiger charge is 2.33. The molecule has 2 aromatic heterocycles. The molecule has 0 radical (unpaired) electrons. The average molecular weight is 379 g/mol. The van der Waals surface area contributed by atoms with Gasteiger partial charge in [-0.1, -0.05) is 18.2 Å². The summed E-state index contributed by atoms with van der Waals surface area (Å²) in [6, 6.07) is 9.68. The molecule has 1 aliphatic rings. The summed E-state index contributed by atoms with van der Waals surface area (Å²) in [5, 5.41) is 7.08. The number of nitrogens with one attached hydrogen (secondary N) is 1. The molecule has 1 aromatic carbocycles. The second-order valence-corrected chi connectivity index (χ2v) is 6.53. The van der Waals surface area contributed by atoms with E-state index in [1.165, 1.54) is 12.7 Å². The molecule has 1 saturated heterocycles. The number of rotatable bonds is 7. The van der Waals surface area contributed by atoms with Crippen molar-refractivity contribution >= 4 is 11.7 Å². The third-order valence-corrected chi connectivity index (χ3v) is 4.75.